The van der Waals surface area contributed by atoms with Gasteiger partial charge in [-0.25, -0.2) is 0 Å². The molecule has 0 aromatic heterocycles. The van der Waals surface area contributed by atoms with Crippen LogP contribution in [0.2, 0.25) is 0 Å². The number of halogens is 1. The van der Waals surface area contributed by atoms with E-state index in [0.29, 0.717) is 0 Å². The molecule has 1 aliphatic rings. The number of hydrogen-bond acceptors (Lipinski definition) is 0. The van der Waals surface area contributed by atoms with Gasteiger partial charge in [0.25, 0.3) is 0 Å². The van der Waals surface area contributed by atoms with Crippen LogP contribution >= 0.6 is 19.9 Å². The van der Waals surface area contributed by atoms with E-state index in [2.05, 4.69) is 56.6 Å². The second-order valence-electron chi connectivity index (χ2n) is 3.91. The molecule has 2 heteroatoms. The normalized spacial score (nSPS) is 23.0. The molecule has 0 saturated carbocycles. The third-order valence-corrected chi connectivity index (χ3v) is 6.16. The Morgan fingerprint density at radius 2 is 2.25 bits per heavy atom. The molecule has 1 atom stereocenters. The quantitative estimate of drug-likeness (QED) is 0.568. The van der Waals surface area contributed by atoms with Crippen LogP contribution in [0, 0.1) is 0 Å². The van der Waals surface area contributed by atoms with E-state index in [1.54, 1.807) is 0 Å². The Morgan fingerprint density at radius 1 is 1.50 bits per heavy atom. The molecule has 1 unspecified atom stereocenters. The van der Waals surface area contributed by atoms with Crippen LogP contribution in [0.5, 0.6) is 0 Å². The highest BCUT2D eigenvalue weighted by Crippen LogP contribution is 2.64. The maximum atomic E-state index is 6.76. The average molecular weight is 257 g/mol. The minimum atomic E-state index is -1.33. The summed E-state index contributed by atoms with van der Waals surface area (Å²) in [5.74, 6) is 0. The van der Waals surface area contributed by atoms with Crippen molar-refractivity contribution in [1.29, 1.82) is 0 Å². The zero-order valence-electron chi connectivity index (χ0n) is 10.4. The SMILES string of the molecule is C/C=C(\C=C/CC)S(C)(Cl)C1=CCCC=C1. The molecule has 0 radical (unpaired) electrons. The Balaban J connectivity index is 2.94. The van der Waals surface area contributed by atoms with E-state index in [1.807, 2.05) is 0 Å². The van der Waals surface area contributed by atoms with Crippen molar-refractivity contribution in [1.82, 2.24) is 0 Å². The van der Waals surface area contributed by atoms with Gasteiger partial charge in [-0.2, -0.15) is 0 Å². The van der Waals surface area contributed by atoms with Gasteiger partial charge in [0.05, 0.1) is 0 Å². The van der Waals surface area contributed by atoms with Gasteiger partial charge in [-0.1, -0.05) is 54.1 Å². The molecule has 1 aliphatic carbocycles. The molecule has 0 bridgehead atoms. The van der Waals surface area contributed by atoms with Gasteiger partial charge in [0.15, 0.2) is 0 Å². The van der Waals surface area contributed by atoms with Gasteiger partial charge < -0.3 is 0 Å². The molecular weight excluding hydrogens is 236 g/mol. The highest BCUT2D eigenvalue weighted by molar-refractivity contribution is 8.56. The summed E-state index contributed by atoms with van der Waals surface area (Å²) in [6.07, 6.45) is 18.7. The zero-order chi connectivity index (χ0) is 12.0. The van der Waals surface area contributed by atoms with Crippen molar-refractivity contribution in [2.75, 3.05) is 6.26 Å². The van der Waals surface area contributed by atoms with Crippen LogP contribution in [0.15, 0.2) is 46.3 Å². The minimum absolute atomic E-state index is 1.05. The van der Waals surface area contributed by atoms with E-state index < -0.39 is 9.24 Å². The first-order valence-electron chi connectivity index (χ1n) is 5.80. The molecule has 0 amide bonds. The Labute approximate surface area is 106 Å². The largest absolute Gasteiger partial charge is 0.112 e. The maximum absolute atomic E-state index is 6.76. The second kappa shape index (κ2) is 6.36. The molecule has 0 spiro atoms. The lowest BCUT2D eigenvalue weighted by Gasteiger charge is -2.32. The van der Waals surface area contributed by atoms with Gasteiger partial charge in [-0.05, 0) is 32.4 Å². The summed E-state index contributed by atoms with van der Waals surface area (Å²) in [7, 11) is 5.44. The van der Waals surface area contributed by atoms with E-state index in [1.165, 1.54) is 9.81 Å². The van der Waals surface area contributed by atoms with Crippen molar-refractivity contribution in [3.63, 3.8) is 0 Å². The molecule has 0 aliphatic heterocycles. The fourth-order valence-electron chi connectivity index (χ4n) is 1.69. The monoisotopic (exact) mass is 256 g/mol. The molecule has 0 aromatic rings. The van der Waals surface area contributed by atoms with E-state index in [9.17, 15) is 0 Å². The summed E-state index contributed by atoms with van der Waals surface area (Å²) >= 11 is 0. The smallest absolute Gasteiger partial charge is 0.00271 e. The first kappa shape index (κ1) is 13.7. The van der Waals surface area contributed by atoms with E-state index in [-0.39, 0.29) is 0 Å². The average Bonchev–Trinajstić information content (AvgIpc) is 2.31. The maximum Gasteiger partial charge on any atom is 0.00271 e. The molecule has 0 heterocycles. The summed E-state index contributed by atoms with van der Waals surface area (Å²) in [6, 6.07) is 0. The summed E-state index contributed by atoms with van der Waals surface area (Å²) in [4.78, 5) is 2.56. The summed E-state index contributed by atoms with van der Waals surface area (Å²) in [5.41, 5.74) is 0. The molecule has 90 valence electrons. The first-order valence-corrected chi connectivity index (χ1v) is 8.67. The van der Waals surface area contributed by atoms with Crippen molar-refractivity contribution in [3.05, 3.63) is 46.3 Å². The highest BCUT2D eigenvalue weighted by atomic mass is 35.7. The predicted octanol–water partition coefficient (Wildman–Crippen LogP) is 5.68. The van der Waals surface area contributed by atoms with Crippen molar-refractivity contribution in [3.8, 4) is 0 Å². The molecule has 0 saturated heterocycles. The summed E-state index contributed by atoms with van der Waals surface area (Å²) < 4.78 is 0. The second-order valence-corrected chi connectivity index (χ2v) is 8.34. The standard InChI is InChI=1S/C14H21ClS/c1-4-6-10-13(5-2)16(3,15)14-11-8-7-9-12-14/h5-6,8,10-12H,4,7,9H2,1-3H3/b10-6-,13-5+. The molecule has 0 fully saturated rings. The Hall–Kier alpha value is -0.400. The topological polar surface area (TPSA) is 0 Å². The number of hydrogen-bond donors (Lipinski definition) is 0. The summed E-state index contributed by atoms with van der Waals surface area (Å²) in [6.45, 7) is 4.21. The van der Waals surface area contributed by atoms with Gasteiger partial charge in [0.1, 0.15) is 0 Å². The zero-order valence-corrected chi connectivity index (χ0v) is 11.9. The number of rotatable bonds is 4. The lowest BCUT2D eigenvalue weighted by Crippen LogP contribution is -1.97. The molecular formula is C14H21ClS. The van der Waals surface area contributed by atoms with Gasteiger partial charge in [-0.15, -0.1) is 9.24 Å². The van der Waals surface area contributed by atoms with Crippen molar-refractivity contribution in [2.24, 2.45) is 0 Å². The fraction of sp³-hybridized carbons (Fsp3) is 0.429. The molecule has 16 heavy (non-hydrogen) atoms. The van der Waals surface area contributed by atoms with Crippen LogP contribution < -0.4 is 0 Å². The Morgan fingerprint density at radius 3 is 2.75 bits per heavy atom. The van der Waals surface area contributed by atoms with Crippen LogP contribution in [0.3, 0.4) is 0 Å². The third kappa shape index (κ3) is 3.29. The van der Waals surface area contributed by atoms with Crippen LogP contribution in [0.1, 0.15) is 33.1 Å². The lowest BCUT2D eigenvalue weighted by atomic mass is 10.2. The highest BCUT2D eigenvalue weighted by Gasteiger charge is 2.22. The van der Waals surface area contributed by atoms with E-state index in [4.69, 9.17) is 10.7 Å². The van der Waals surface area contributed by atoms with Crippen molar-refractivity contribution in [2.45, 2.75) is 33.1 Å². The van der Waals surface area contributed by atoms with Crippen LogP contribution in [0.4, 0.5) is 0 Å². The van der Waals surface area contributed by atoms with E-state index >= 15 is 0 Å². The molecule has 0 aromatic carbocycles. The third-order valence-electron chi connectivity index (χ3n) is 2.65. The van der Waals surface area contributed by atoms with Gasteiger partial charge >= 0.3 is 0 Å². The van der Waals surface area contributed by atoms with Crippen LogP contribution in [0.25, 0.3) is 0 Å². The van der Waals surface area contributed by atoms with Crippen LogP contribution in [-0.4, -0.2) is 6.26 Å². The lowest BCUT2D eigenvalue weighted by molar-refractivity contribution is 1.03. The van der Waals surface area contributed by atoms with E-state index in [0.717, 1.165) is 19.3 Å². The van der Waals surface area contributed by atoms with Crippen molar-refractivity contribution >= 4 is 19.9 Å². The molecule has 1 rings (SSSR count). The van der Waals surface area contributed by atoms with Crippen molar-refractivity contribution < 1.29 is 0 Å². The summed E-state index contributed by atoms with van der Waals surface area (Å²) in [5, 5.41) is 0. The van der Waals surface area contributed by atoms with Gasteiger partial charge in [0, 0.05) is 9.81 Å². The van der Waals surface area contributed by atoms with Gasteiger partial charge in [-0.3, -0.25) is 0 Å². The minimum Gasteiger partial charge on any atom is -0.112 e. The molecule has 0 N–H and O–H groups in total. The first-order chi connectivity index (χ1) is 7.62. The predicted molar refractivity (Wildman–Crippen MR) is 79.0 cm³/mol. The van der Waals surface area contributed by atoms with Crippen LogP contribution in [-0.2, 0) is 0 Å². The Bertz CT molecular complexity index is 346. The number of allylic oxidation sites excluding steroid dienone is 6. The fourth-order valence-corrected chi connectivity index (χ4v) is 4.30. The van der Waals surface area contributed by atoms with Gasteiger partial charge in [0.2, 0.25) is 0 Å². The Kier molecular flexibility index (Phi) is 5.43. The molecule has 0 nitrogen and oxygen atoms in total.